The van der Waals surface area contributed by atoms with Gasteiger partial charge in [0.2, 0.25) is 11.8 Å². The molecule has 72 heavy (non-hydrogen) atoms. The summed E-state index contributed by atoms with van der Waals surface area (Å²) >= 11 is 0. The van der Waals surface area contributed by atoms with Crippen LogP contribution in [0.2, 0.25) is 0 Å². The predicted molar refractivity (Wildman–Crippen MR) is 233 cm³/mol. The molecule has 2 N–H and O–H groups in total. The fraction of sp³-hybridized carbons (Fsp3) is 0.480. The quantitative estimate of drug-likeness (QED) is 0.154. The minimum atomic E-state index is -4.98. The van der Waals surface area contributed by atoms with E-state index in [2.05, 4.69) is 10.6 Å². The number of nitrogens with zero attached hydrogens (tertiary/aromatic N) is 2. The lowest BCUT2D eigenvalue weighted by molar-refractivity contribution is -0.145. The van der Waals surface area contributed by atoms with Crippen molar-refractivity contribution < 1.29 is 80.5 Å². The molecule has 0 bridgehead atoms. The number of rotatable bonds is 10. The van der Waals surface area contributed by atoms with Crippen LogP contribution in [0.5, 0.6) is 0 Å². The molecule has 4 aliphatic heterocycles. The van der Waals surface area contributed by atoms with Gasteiger partial charge >= 0.3 is 24.7 Å². The summed E-state index contributed by atoms with van der Waals surface area (Å²) < 4.78 is 199. The molecule has 8 nitrogen and oxygen atoms in total. The molecule has 392 valence electrons. The van der Waals surface area contributed by atoms with Crippen molar-refractivity contribution in [1.29, 1.82) is 0 Å². The molecule has 4 fully saturated rings. The zero-order chi connectivity index (χ0) is 53.3. The van der Waals surface area contributed by atoms with Gasteiger partial charge in [0.25, 0.3) is 0 Å². The molecule has 0 unspecified atom stereocenters. The maximum Gasteiger partial charge on any atom is 0.416 e. The number of likely N-dealkylation sites (N-methyl/N-ethyl adjacent to an activating group) is 2. The molecule has 4 saturated heterocycles. The van der Waals surface area contributed by atoms with Crippen LogP contribution < -0.4 is 10.6 Å². The summed E-state index contributed by atoms with van der Waals surface area (Å²) in [5.41, 5.74) is -6.61. The molecule has 0 saturated carbocycles. The number of fused-ring (bicyclic) bond motifs is 2. The lowest BCUT2D eigenvalue weighted by Gasteiger charge is -2.29. The summed E-state index contributed by atoms with van der Waals surface area (Å²) in [6.45, 7) is 6.46. The standard InChI is InChI=1S/2C25H25F7N2O2/c2*1-13(15-8-16(24(27,28)29)10-17(9-15)25(30,31)32)36-20-12-34-19(11-23(2,33-3)22(34)35)21(20)14-4-6-18(26)7-5-14/h2*4-10,13,19-21,33H,11-12H2,1-3H3/t13-,19+,20+,21+,23+;13-,19+,20+,21+,23-/m11/s1. The van der Waals surface area contributed by atoms with Gasteiger partial charge in [0.05, 0.1) is 57.7 Å². The first-order valence-corrected chi connectivity index (χ1v) is 22.7. The summed E-state index contributed by atoms with van der Waals surface area (Å²) in [5.74, 6) is -2.21. The number of hydrogen-bond acceptors (Lipinski definition) is 6. The summed E-state index contributed by atoms with van der Waals surface area (Å²) in [7, 11) is 3.32. The highest BCUT2D eigenvalue weighted by molar-refractivity contribution is 5.90. The molecular formula is C50H50F14N4O4. The van der Waals surface area contributed by atoms with Crippen LogP contribution in [0.1, 0.15) is 109 Å². The van der Waals surface area contributed by atoms with E-state index in [0.717, 1.165) is 0 Å². The Morgan fingerprint density at radius 2 is 0.792 bits per heavy atom. The Bertz CT molecular complexity index is 2380. The molecule has 0 radical (unpaired) electrons. The number of hydrogen-bond donors (Lipinski definition) is 2. The van der Waals surface area contributed by atoms with Crippen LogP contribution in [0, 0.1) is 11.6 Å². The fourth-order valence-corrected chi connectivity index (χ4v) is 10.4. The van der Waals surface area contributed by atoms with E-state index in [0.29, 0.717) is 48.2 Å². The van der Waals surface area contributed by atoms with Crippen molar-refractivity contribution in [2.75, 3.05) is 27.2 Å². The lowest BCUT2D eigenvalue weighted by atomic mass is 9.84. The second-order valence-corrected chi connectivity index (χ2v) is 19.1. The van der Waals surface area contributed by atoms with Gasteiger partial charge in [0, 0.05) is 37.0 Å². The van der Waals surface area contributed by atoms with E-state index in [1.54, 1.807) is 62.0 Å². The molecule has 2 amide bonds. The minimum absolute atomic E-state index is 0.0699. The van der Waals surface area contributed by atoms with Crippen LogP contribution in [-0.4, -0.2) is 84.2 Å². The van der Waals surface area contributed by atoms with Crippen molar-refractivity contribution in [3.8, 4) is 0 Å². The number of amides is 2. The van der Waals surface area contributed by atoms with E-state index >= 15 is 0 Å². The van der Waals surface area contributed by atoms with E-state index in [1.807, 2.05) is 0 Å². The number of benzene rings is 4. The van der Waals surface area contributed by atoms with Gasteiger partial charge in [0.1, 0.15) is 11.6 Å². The maximum absolute atomic E-state index is 13.6. The third kappa shape index (κ3) is 11.0. The average molecular weight is 1040 g/mol. The van der Waals surface area contributed by atoms with Crippen molar-refractivity contribution in [3.63, 3.8) is 0 Å². The highest BCUT2D eigenvalue weighted by atomic mass is 19.4. The Balaban J connectivity index is 0.000000211. The van der Waals surface area contributed by atoms with Crippen LogP contribution >= 0.6 is 0 Å². The Kier molecular flexibility index (Phi) is 14.8. The molecule has 4 aromatic rings. The van der Waals surface area contributed by atoms with Gasteiger partial charge in [-0.2, -0.15) is 52.7 Å². The molecule has 4 aromatic carbocycles. The maximum atomic E-state index is 13.6. The summed E-state index contributed by atoms with van der Waals surface area (Å²) in [4.78, 5) is 29.4. The summed E-state index contributed by atoms with van der Waals surface area (Å²) in [6.07, 6.45) is -22.9. The molecule has 0 aliphatic carbocycles. The third-order valence-corrected chi connectivity index (χ3v) is 14.4. The van der Waals surface area contributed by atoms with Crippen LogP contribution in [0.4, 0.5) is 61.5 Å². The van der Waals surface area contributed by atoms with E-state index in [-0.39, 0.29) is 60.2 Å². The normalized spacial score (nSPS) is 27.4. The number of halogens is 14. The Hall–Kier alpha value is -5.32. The first kappa shape index (κ1) is 54.5. The zero-order valence-corrected chi connectivity index (χ0v) is 39.3. The molecule has 22 heteroatoms. The fourth-order valence-electron chi connectivity index (χ4n) is 10.4. The zero-order valence-electron chi connectivity index (χ0n) is 39.3. The Morgan fingerprint density at radius 3 is 1.04 bits per heavy atom. The SMILES string of the molecule is CN[C@@]1(C)C[C@H]2[C@H](c3ccc(F)cc3)[C@@H](O[C@H](C)c3cc(C(F)(F)F)cc(C(F)(F)F)c3)CN2C1=O.CN[C@]1(C)C[C@H]2[C@H](c3ccc(F)cc3)[C@@H](O[C@H](C)c3cc(C(F)(F)F)cc(C(F)(F)F)c3)CN2C1=O. The predicted octanol–water partition coefficient (Wildman–Crippen LogP) is 11.4. The first-order chi connectivity index (χ1) is 33.3. The number of ether oxygens (including phenoxy) is 2. The summed E-state index contributed by atoms with van der Waals surface area (Å²) in [5, 5.41) is 6.03. The lowest BCUT2D eigenvalue weighted by Crippen LogP contribution is -2.48. The van der Waals surface area contributed by atoms with E-state index in [9.17, 15) is 71.1 Å². The Morgan fingerprint density at radius 1 is 0.514 bits per heavy atom. The van der Waals surface area contributed by atoms with Crippen LogP contribution in [-0.2, 0) is 43.8 Å². The van der Waals surface area contributed by atoms with Crippen molar-refractivity contribution in [1.82, 2.24) is 20.4 Å². The van der Waals surface area contributed by atoms with Crippen molar-refractivity contribution >= 4 is 11.8 Å². The number of nitrogens with one attached hydrogen (secondary N) is 2. The molecule has 0 aromatic heterocycles. The number of alkyl halides is 12. The van der Waals surface area contributed by atoms with Crippen LogP contribution in [0.15, 0.2) is 84.9 Å². The van der Waals surface area contributed by atoms with Gasteiger partial charge < -0.3 is 29.9 Å². The summed E-state index contributed by atoms with van der Waals surface area (Å²) in [6, 6.07) is 13.3. The van der Waals surface area contributed by atoms with E-state index in [4.69, 9.17) is 9.47 Å². The number of carbonyl (C=O) groups is 2. The van der Waals surface area contributed by atoms with Gasteiger partial charge in [-0.1, -0.05) is 24.3 Å². The molecule has 8 rings (SSSR count). The van der Waals surface area contributed by atoms with Gasteiger partial charge in [0.15, 0.2) is 0 Å². The van der Waals surface area contributed by atoms with E-state index in [1.165, 1.54) is 38.1 Å². The molecular weight excluding hydrogens is 987 g/mol. The Labute approximate surface area is 405 Å². The molecule has 0 spiro atoms. The average Bonchev–Trinajstić information content (AvgIpc) is 3.98. The second kappa shape index (κ2) is 19.5. The monoisotopic (exact) mass is 1040 g/mol. The van der Waals surface area contributed by atoms with Gasteiger partial charge in [-0.05, 0) is 138 Å². The van der Waals surface area contributed by atoms with Crippen LogP contribution in [0.3, 0.4) is 0 Å². The number of carbonyl (C=O) groups excluding carboxylic acids is 2. The largest absolute Gasteiger partial charge is 0.416 e. The van der Waals surface area contributed by atoms with Gasteiger partial charge in [-0.25, -0.2) is 8.78 Å². The first-order valence-electron chi connectivity index (χ1n) is 22.7. The second-order valence-electron chi connectivity index (χ2n) is 19.1. The van der Waals surface area contributed by atoms with Crippen molar-refractivity contribution in [3.05, 3.63) is 141 Å². The third-order valence-electron chi connectivity index (χ3n) is 14.4. The minimum Gasteiger partial charge on any atom is -0.368 e. The van der Waals surface area contributed by atoms with Gasteiger partial charge in [-0.15, -0.1) is 0 Å². The van der Waals surface area contributed by atoms with Gasteiger partial charge in [-0.3, -0.25) is 9.59 Å². The topological polar surface area (TPSA) is 83.1 Å². The molecule has 10 atom stereocenters. The van der Waals surface area contributed by atoms with Crippen LogP contribution in [0.25, 0.3) is 0 Å². The highest BCUT2D eigenvalue weighted by Gasteiger charge is 2.58. The molecule has 4 aliphatic rings. The van der Waals surface area contributed by atoms with Crippen molar-refractivity contribution in [2.45, 2.75) is 125 Å². The highest BCUT2D eigenvalue weighted by Crippen LogP contribution is 2.49. The molecule has 4 heterocycles. The van der Waals surface area contributed by atoms with E-state index < -0.39 is 106 Å². The smallest absolute Gasteiger partial charge is 0.368 e. The van der Waals surface area contributed by atoms with Crippen molar-refractivity contribution in [2.24, 2.45) is 0 Å².